The standard InChI is InChI=1S/C48H91O9P/c1-3-5-7-9-11-13-15-17-19-20-21-22-23-24-25-27-29-31-33-35-37-39-41-54-44-47(45-56-58(52,53)55-43-46(50)42-49)57-48(51)40-38-36-34-32-30-28-26-18-16-14-12-10-8-6-4-2/h12,14,18,20-21,26,46-47,49-50H,3-11,13,15-17,19,22-25,27-45H2,1-2H3,(H,52,53)/b14-12-,21-20-,26-18-. The smallest absolute Gasteiger partial charge is 0.457 e. The van der Waals surface area contributed by atoms with Crippen LogP contribution >= 0.6 is 7.82 Å². The molecule has 3 unspecified atom stereocenters. The second-order valence-corrected chi connectivity index (χ2v) is 17.6. The van der Waals surface area contributed by atoms with E-state index in [2.05, 4.69) is 50.3 Å². The molecular formula is C48H91O9P. The highest BCUT2D eigenvalue weighted by Crippen LogP contribution is 2.43. The first kappa shape index (κ1) is 56.7. The molecular weight excluding hydrogens is 751 g/mol. The van der Waals surface area contributed by atoms with Gasteiger partial charge < -0.3 is 24.6 Å². The van der Waals surface area contributed by atoms with Crippen molar-refractivity contribution in [2.75, 3.05) is 33.0 Å². The molecule has 0 radical (unpaired) electrons. The molecule has 3 N–H and O–H groups in total. The number of aliphatic hydroxyl groups is 2. The minimum absolute atomic E-state index is 0.0439. The Morgan fingerprint density at radius 2 is 0.931 bits per heavy atom. The number of phosphoric ester groups is 1. The van der Waals surface area contributed by atoms with Gasteiger partial charge in [0.25, 0.3) is 0 Å². The third-order valence-electron chi connectivity index (χ3n) is 10.3. The van der Waals surface area contributed by atoms with Gasteiger partial charge in [0, 0.05) is 13.0 Å². The van der Waals surface area contributed by atoms with E-state index < -0.39 is 39.2 Å². The van der Waals surface area contributed by atoms with Crippen LogP contribution in [-0.2, 0) is 27.9 Å². The average molecular weight is 843 g/mol. The molecule has 0 saturated heterocycles. The first-order valence-electron chi connectivity index (χ1n) is 24.0. The summed E-state index contributed by atoms with van der Waals surface area (Å²) >= 11 is 0. The Hall–Kier alpha value is -1.32. The molecule has 3 atom stereocenters. The van der Waals surface area contributed by atoms with E-state index in [1.807, 2.05) is 0 Å². The number of phosphoric acid groups is 1. The largest absolute Gasteiger partial charge is 0.472 e. The summed E-state index contributed by atoms with van der Waals surface area (Å²) in [5.41, 5.74) is 0. The first-order chi connectivity index (χ1) is 28.3. The number of esters is 1. The molecule has 0 amide bonds. The van der Waals surface area contributed by atoms with Crippen molar-refractivity contribution in [2.45, 2.75) is 232 Å². The van der Waals surface area contributed by atoms with Gasteiger partial charge in [0.15, 0.2) is 0 Å². The van der Waals surface area contributed by atoms with Crippen molar-refractivity contribution in [1.82, 2.24) is 0 Å². The molecule has 0 aromatic carbocycles. The Morgan fingerprint density at radius 1 is 0.534 bits per heavy atom. The third kappa shape index (κ3) is 44.2. The highest BCUT2D eigenvalue weighted by Gasteiger charge is 2.26. The van der Waals surface area contributed by atoms with Gasteiger partial charge in [-0.05, 0) is 70.6 Å². The second kappa shape index (κ2) is 45.2. The van der Waals surface area contributed by atoms with Crippen LogP contribution in [0.3, 0.4) is 0 Å². The fourth-order valence-electron chi connectivity index (χ4n) is 6.62. The van der Waals surface area contributed by atoms with Crippen molar-refractivity contribution in [3.8, 4) is 0 Å². The molecule has 0 aliphatic rings. The van der Waals surface area contributed by atoms with Crippen molar-refractivity contribution < 1.29 is 43.0 Å². The lowest BCUT2D eigenvalue weighted by molar-refractivity contribution is -0.154. The number of carbonyl (C=O) groups is 1. The Labute approximate surface area is 356 Å². The predicted molar refractivity (Wildman–Crippen MR) is 242 cm³/mol. The number of allylic oxidation sites excluding steroid dienone is 6. The van der Waals surface area contributed by atoms with Crippen LogP contribution in [0.5, 0.6) is 0 Å². The highest BCUT2D eigenvalue weighted by atomic mass is 31.2. The van der Waals surface area contributed by atoms with E-state index in [0.29, 0.717) is 13.0 Å². The van der Waals surface area contributed by atoms with Crippen molar-refractivity contribution in [3.63, 3.8) is 0 Å². The number of carbonyl (C=O) groups excluding carboxylic acids is 1. The fourth-order valence-corrected chi connectivity index (χ4v) is 7.41. The molecule has 9 nitrogen and oxygen atoms in total. The average Bonchev–Trinajstić information content (AvgIpc) is 3.21. The van der Waals surface area contributed by atoms with Crippen LogP contribution in [0.4, 0.5) is 0 Å². The van der Waals surface area contributed by atoms with Gasteiger partial charge >= 0.3 is 13.8 Å². The van der Waals surface area contributed by atoms with Gasteiger partial charge in [0.05, 0.1) is 26.4 Å². The summed E-state index contributed by atoms with van der Waals surface area (Å²) in [6, 6.07) is 0. The van der Waals surface area contributed by atoms with Gasteiger partial charge in [-0.3, -0.25) is 13.8 Å². The summed E-state index contributed by atoms with van der Waals surface area (Å²) in [5, 5.41) is 18.4. The van der Waals surface area contributed by atoms with E-state index in [-0.39, 0.29) is 19.6 Å². The van der Waals surface area contributed by atoms with Gasteiger partial charge in [-0.1, -0.05) is 179 Å². The Morgan fingerprint density at radius 3 is 1.43 bits per heavy atom. The molecule has 0 spiro atoms. The molecule has 0 aromatic heterocycles. The van der Waals surface area contributed by atoms with Crippen LogP contribution in [0.15, 0.2) is 36.5 Å². The lowest BCUT2D eigenvalue weighted by Crippen LogP contribution is -2.29. The maximum atomic E-state index is 12.6. The SMILES string of the molecule is CCCCC/C=C\C/C=C\CCCCCCCC(=O)OC(COCCCCCCCCCCCC/C=C\CCCCCCCCCC)COP(=O)(O)OCC(O)CO. The van der Waals surface area contributed by atoms with Crippen molar-refractivity contribution in [2.24, 2.45) is 0 Å². The summed E-state index contributed by atoms with van der Waals surface area (Å²) in [7, 11) is -4.52. The second-order valence-electron chi connectivity index (χ2n) is 16.1. The number of ether oxygens (including phenoxy) is 2. The zero-order chi connectivity index (χ0) is 42.5. The summed E-state index contributed by atoms with van der Waals surface area (Å²) in [4.78, 5) is 22.6. The Bertz CT molecular complexity index is 1000. The van der Waals surface area contributed by atoms with Crippen LogP contribution in [0.2, 0.25) is 0 Å². The molecule has 342 valence electrons. The van der Waals surface area contributed by atoms with Crippen molar-refractivity contribution >= 4 is 13.8 Å². The summed E-state index contributed by atoms with van der Waals surface area (Å²) in [6.45, 7) is 3.49. The van der Waals surface area contributed by atoms with E-state index in [1.54, 1.807) is 0 Å². The van der Waals surface area contributed by atoms with E-state index in [9.17, 15) is 19.4 Å². The third-order valence-corrected chi connectivity index (χ3v) is 11.2. The molecule has 0 rings (SSSR count). The summed E-state index contributed by atoms with van der Waals surface area (Å²) in [6.07, 6.45) is 49.6. The summed E-state index contributed by atoms with van der Waals surface area (Å²) in [5.74, 6) is -0.395. The highest BCUT2D eigenvalue weighted by molar-refractivity contribution is 7.47. The molecule has 10 heteroatoms. The molecule has 0 aromatic rings. The number of unbranched alkanes of at least 4 members (excludes halogenated alkanes) is 26. The number of rotatable bonds is 46. The molecule has 58 heavy (non-hydrogen) atoms. The van der Waals surface area contributed by atoms with E-state index in [0.717, 1.165) is 57.8 Å². The van der Waals surface area contributed by atoms with Crippen molar-refractivity contribution in [1.29, 1.82) is 0 Å². The van der Waals surface area contributed by atoms with Crippen LogP contribution in [0.25, 0.3) is 0 Å². The Kier molecular flexibility index (Phi) is 44.2. The molecule has 0 fully saturated rings. The lowest BCUT2D eigenvalue weighted by atomic mass is 10.1. The van der Waals surface area contributed by atoms with Gasteiger partial charge in [0.2, 0.25) is 0 Å². The molecule has 0 saturated carbocycles. The van der Waals surface area contributed by atoms with Crippen LogP contribution in [-0.4, -0.2) is 66.3 Å². The quantitative estimate of drug-likeness (QED) is 0.0237. The normalized spacial score (nSPS) is 14.2. The summed E-state index contributed by atoms with van der Waals surface area (Å²) < 4.78 is 33.4. The maximum absolute atomic E-state index is 12.6. The van der Waals surface area contributed by atoms with Crippen LogP contribution in [0, 0.1) is 0 Å². The zero-order valence-electron chi connectivity index (χ0n) is 37.5. The minimum atomic E-state index is -4.52. The first-order valence-corrected chi connectivity index (χ1v) is 25.5. The van der Waals surface area contributed by atoms with Gasteiger partial charge in [-0.2, -0.15) is 0 Å². The molecule has 0 heterocycles. The minimum Gasteiger partial charge on any atom is -0.457 e. The molecule has 0 aliphatic carbocycles. The fraction of sp³-hybridized carbons (Fsp3) is 0.854. The van der Waals surface area contributed by atoms with Gasteiger partial charge in [-0.15, -0.1) is 0 Å². The topological polar surface area (TPSA) is 132 Å². The van der Waals surface area contributed by atoms with Crippen LogP contribution < -0.4 is 0 Å². The monoisotopic (exact) mass is 843 g/mol. The van der Waals surface area contributed by atoms with Crippen molar-refractivity contribution in [3.05, 3.63) is 36.5 Å². The van der Waals surface area contributed by atoms with Gasteiger partial charge in [-0.25, -0.2) is 4.57 Å². The lowest BCUT2D eigenvalue weighted by Gasteiger charge is -2.20. The zero-order valence-corrected chi connectivity index (χ0v) is 38.4. The van der Waals surface area contributed by atoms with E-state index >= 15 is 0 Å². The number of hydrogen-bond acceptors (Lipinski definition) is 8. The molecule has 0 aliphatic heterocycles. The molecule has 0 bridgehead atoms. The van der Waals surface area contributed by atoms with E-state index in [4.69, 9.17) is 23.6 Å². The van der Waals surface area contributed by atoms with Crippen LogP contribution in [0.1, 0.15) is 219 Å². The van der Waals surface area contributed by atoms with Gasteiger partial charge in [0.1, 0.15) is 12.2 Å². The number of aliphatic hydroxyl groups excluding tert-OH is 2. The Balaban J connectivity index is 4.09. The van der Waals surface area contributed by atoms with E-state index in [1.165, 1.54) is 135 Å². The number of hydrogen-bond donors (Lipinski definition) is 3. The predicted octanol–water partition coefficient (Wildman–Crippen LogP) is 13.6. The maximum Gasteiger partial charge on any atom is 0.472 e.